The van der Waals surface area contributed by atoms with Gasteiger partial charge in [-0.2, -0.15) is 0 Å². The summed E-state index contributed by atoms with van der Waals surface area (Å²) in [6, 6.07) is 15.4. The number of ether oxygens (including phenoxy) is 2. The Balaban J connectivity index is 1.90. The van der Waals surface area contributed by atoms with Crippen molar-refractivity contribution < 1.29 is 28.6 Å². The highest BCUT2D eigenvalue weighted by Gasteiger charge is 2.21. The molecule has 1 unspecified atom stereocenters. The van der Waals surface area contributed by atoms with Crippen LogP contribution in [0.25, 0.3) is 0 Å². The number of carboxylic acid groups (broad SMARTS) is 1. The van der Waals surface area contributed by atoms with Crippen LogP contribution in [0.15, 0.2) is 54.6 Å². The van der Waals surface area contributed by atoms with E-state index < -0.39 is 11.8 Å². The van der Waals surface area contributed by atoms with Gasteiger partial charge >= 0.3 is 5.97 Å². The molecule has 6 nitrogen and oxygen atoms in total. The highest BCUT2D eigenvalue weighted by Crippen LogP contribution is 2.27. The monoisotopic (exact) mass is 521 g/mol. The molecular weight excluding hydrogens is 485 g/mol. The first-order chi connectivity index (χ1) is 18.0. The zero-order valence-corrected chi connectivity index (χ0v) is 22.6. The number of aliphatic carboxylic acids is 1. The van der Waals surface area contributed by atoms with Crippen LogP contribution in [0, 0.1) is 25.6 Å². The molecule has 0 saturated heterocycles. The van der Waals surface area contributed by atoms with Crippen LogP contribution in [0.4, 0.5) is 4.39 Å². The minimum atomic E-state index is -0.946. The zero-order valence-electron chi connectivity index (χ0n) is 22.6. The number of methoxy groups -OCH3 is 1. The molecule has 0 aliphatic heterocycles. The number of carbonyl (C=O) groups excluding carboxylic acids is 1. The molecular formula is C31H36FNO5. The molecule has 2 N–H and O–H groups in total. The maximum atomic E-state index is 14.3. The highest BCUT2D eigenvalue weighted by molar-refractivity contribution is 5.96. The summed E-state index contributed by atoms with van der Waals surface area (Å²) < 4.78 is 25.3. The lowest BCUT2D eigenvalue weighted by Crippen LogP contribution is -2.30. The predicted molar refractivity (Wildman–Crippen MR) is 145 cm³/mol. The first kappa shape index (κ1) is 28.7. The first-order valence-electron chi connectivity index (χ1n) is 12.7. The largest absolute Gasteiger partial charge is 0.497 e. The van der Waals surface area contributed by atoms with Crippen molar-refractivity contribution in [1.82, 2.24) is 5.32 Å². The third kappa shape index (κ3) is 8.07. The van der Waals surface area contributed by atoms with E-state index in [4.69, 9.17) is 9.47 Å². The van der Waals surface area contributed by atoms with E-state index in [1.807, 2.05) is 13.8 Å². The van der Waals surface area contributed by atoms with E-state index in [-0.39, 0.29) is 31.4 Å². The Morgan fingerprint density at radius 1 is 0.947 bits per heavy atom. The Morgan fingerprint density at radius 2 is 1.63 bits per heavy atom. The molecule has 202 valence electrons. The lowest BCUT2D eigenvalue weighted by atomic mass is 9.93. The van der Waals surface area contributed by atoms with Gasteiger partial charge in [0.05, 0.1) is 13.2 Å². The summed E-state index contributed by atoms with van der Waals surface area (Å²) in [6.07, 6.45) is 0.827. The Bertz CT molecular complexity index is 1270. The molecule has 3 aromatic rings. The van der Waals surface area contributed by atoms with Crippen LogP contribution in [0.5, 0.6) is 11.5 Å². The number of aryl methyl sites for hydroxylation is 3. The van der Waals surface area contributed by atoms with Gasteiger partial charge in [0.15, 0.2) is 0 Å². The highest BCUT2D eigenvalue weighted by atomic mass is 19.1. The molecule has 38 heavy (non-hydrogen) atoms. The summed E-state index contributed by atoms with van der Waals surface area (Å²) in [5.41, 5.74) is 4.52. The normalized spacial score (nSPS) is 11.8. The molecule has 3 aromatic carbocycles. The average molecular weight is 522 g/mol. The van der Waals surface area contributed by atoms with E-state index in [0.29, 0.717) is 34.1 Å². The summed E-state index contributed by atoms with van der Waals surface area (Å²) in [5.74, 6) is -0.460. The molecule has 7 heteroatoms. The lowest BCUT2D eigenvalue weighted by Gasteiger charge is -2.23. The van der Waals surface area contributed by atoms with Crippen LogP contribution in [0.3, 0.4) is 0 Å². The van der Waals surface area contributed by atoms with E-state index in [0.717, 1.165) is 23.1 Å². The molecule has 0 saturated carbocycles. The van der Waals surface area contributed by atoms with Gasteiger partial charge in [0.2, 0.25) is 0 Å². The zero-order chi connectivity index (χ0) is 27.8. The number of hydrogen-bond acceptors (Lipinski definition) is 4. The number of carbonyl (C=O) groups is 2. The Hall–Kier alpha value is -3.87. The van der Waals surface area contributed by atoms with Gasteiger partial charge in [-0.1, -0.05) is 49.2 Å². The van der Waals surface area contributed by atoms with Crippen LogP contribution in [0.1, 0.15) is 70.9 Å². The van der Waals surface area contributed by atoms with Crippen LogP contribution in [-0.4, -0.2) is 24.1 Å². The minimum absolute atomic E-state index is 0.0584. The number of hydrogen-bond donors (Lipinski definition) is 2. The second kappa shape index (κ2) is 13.1. The summed E-state index contributed by atoms with van der Waals surface area (Å²) in [6.45, 7) is 8.21. The second-order valence-corrected chi connectivity index (χ2v) is 10.0. The van der Waals surface area contributed by atoms with Gasteiger partial charge in [-0.05, 0) is 74.1 Å². The number of halogens is 1. The molecule has 0 spiro atoms. The van der Waals surface area contributed by atoms with Crippen molar-refractivity contribution in [2.75, 3.05) is 7.11 Å². The molecule has 1 atom stereocenters. The smallest absolute Gasteiger partial charge is 0.303 e. The van der Waals surface area contributed by atoms with Crippen molar-refractivity contribution in [3.05, 3.63) is 93.8 Å². The van der Waals surface area contributed by atoms with Crippen molar-refractivity contribution in [2.24, 2.45) is 5.92 Å². The van der Waals surface area contributed by atoms with Crippen molar-refractivity contribution >= 4 is 11.9 Å². The molecule has 0 aliphatic carbocycles. The van der Waals surface area contributed by atoms with Crippen molar-refractivity contribution in [3.8, 4) is 11.5 Å². The van der Waals surface area contributed by atoms with Gasteiger partial charge in [-0.25, -0.2) is 4.39 Å². The number of amides is 1. The van der Waals surface area contributed by atoms with Crippen LogP contribution < -0.4 is 14.8 Å². The van der Waals surface area contributed by atoms with Crippen LogP contribution >= 0.6 is 0 Å². The van der Waals surface area contributed by atoms with Crippen molar-refractivity contribution in [1.29, 1.82) is 0 Å². The summed E-state index contributed by atoms with van der Waals surface area (Å²) in [7, 11) is 1.50. The first-order valence-corrected chi connectivity index (χ1v) is 12.7. The summed E-state index contributed by atoms with van der Waals surface area (Å²) >= 11 is 0. The molecule has 0 radical (unpaired) electrons. The summed E-state index contributed by atoms with van der Waals surface area (Å²) in [4.78, 5) is 24.9. The average Bonchev–Trinajstić information content (AvgIpc) is 2.85. The van der Waals surface area contributed by atoms with Crippen LogP contribution in [-0.2, 0) is 17.8 Å². The maximum Gasteiger partial charge on any atom is 0.303 e. The maximum absolute atomic E-state index is 14.3. The molecule has 0 aromatic heterocycles. The molecule has 0 bridgehead atoms. The Morgan fingerprint density at radius 3 is 2.26 bits per heavy atom. The van der Waals surface area contributed by atoms with Crippen LogP contribution in [0.2, 0.25) is 0 Å². The van der Waals surface area contributed by atoms with Gasteiger partial charge in [0.1, 0.15) is 23.9 Å². The van der Waals surface area contributed by atoms with E-state index in [1.165, 1.54) is 19.2 Å². The number of nitrogens with one attached hydrogen (secondary N) is 1. The molecule has 1 amide bonds. The quantitative estimate of drug-likeness (QED) is 0.282. The van der Waals surface area contributed by atoms with E-state index >= 15 is 0 Å². The number of benzene rings is 3. The number of rotatable bonds is 12. The van der Waals surface area contributed by atoms with Gasteiger partial charge in [-0.15, -0.1) is 0 Å². The standard InChI is InChI=1S/C31H36FNO5/c1-19(2)12-29(23-14-20(3)13-21(4)15-23)33-31(36)27-17-26(8-6-22(27)7-11-30(34)35)38-18-24-16-25(37-5)9-10-28(24)32/h6,8-10,13-17,19,29H,7,11-12,18H2,1-5H3,(H,33,36)(H,34,35). The van der Waals surface area contributed by atoms with Gasteiger partial charge < -0.3 is 19.9 Å². The SMILES string of the molecule is COc1ccc(F)c(COc2ccc(CCC(=O)O)c(C(=O)NC(CC(C)C)c3cc(C)cc(C)c3)c2)c1. The second-order valence-electron chi connectivity index (χ2n) is 10.0. The Labute approximate surface area is 223 Å². The summed E-state index contributed by atoms with van der Waals surface area (Å²) in [5, 5.41) is 12.4. The Kier molecular flexibility index (Phi) is 9.88. The fraction of sp³-hybridized carbons (Fsp3) is 0.355. The lowest BCUT2D eigenvalue weighted by molar-refractivity contribution is -0.136. The third-order valence-corrected chi connectivity index (χ3v) is 6.24. The third-order valence-electron chi connectivity index (χ3n) is 6.24. The molecule has 3 rings (SSSR count). The fourth-order valence-electron chi connectivity index (χ4n) is 4.46. The predicted octanol–water partition coefficient (Wildman–Crippen LogP) is 6.56. The minimum Gasteiger partial charge on any atom is -0.497 e. The van der Waals surface area contributed by atoms with Gasteiger partial charge in [0.25, 0.3) is 5.91 Å². The van der Waals surface area contributed by atoms with Gasteiger partial charge in [0, 0.05) is 17.5 Å². The number of carboxylic acids is 1. The molecule has 0 fully saturated rings. The van der Waals surface area contributed by atoms with Crippen molar-refractivity contribution in [3.63, 3.8) is 0 Å². The van der Waals surface area contributed by atoms with E-state index in [2.05, 4.69) is 37.4 Å². The van der Waals surface area contributed by atoms with E-state index in [9.17, 15) is 19.1 Å². The van der Waals surface area contributed by atoms with Gasteiger partial charge in [-0.3, -0.25) is 9.59 Å². The topological polar surface area (TPSA) is 84.9 Å². The molecule has 0 aliphatic rings. The van der Waals surface area contributed by atoms with E-state index in [1.54, 1.807) is 24.3 Å². The molecule has 0 heterocycles. The fourth-order valence-corrected chi connectivity index (χ4v) is 4.46. The van der Waals surface area contributed by atoms with Crippen molar-refractivity contribution in [2.45, 2.75) is 59.6 Å².